The quantitative estimate of drug-likeness (QED) is 0.549. The first-order chi connectivity index (χ1) is 6.74. The predicted octanol–water partition coefficient (Wildman–Crippen LogP) is -1.15. The molecule has 1 fully saturated rings. The molecule has 14 heavy (non-hydrogen) atoms. The van der Waals surface area contributed by atoms with Gasteiger partial charge in [-0.2, -0.15) is 0 Å². The Hall–Kier alpha value is -1.36. The number of rotatable bonds is 2. The van der Waals surface area contributed by atoms with Crippen molar-refractivity contribution in [3.8, 4) is 0 Å². The van der Waals surface area contributed by atoms with E-state index >= 15 is 0 Å². The zero-order chi connectivity index (χ0) is 10.4. The van der Waals surface area contributed by atoms with Crippen molar-refractivity contribution in [1.29, 1.82) is 0 Å². The number of carbonyl (C=O) groups excluding carboxylic acids is 2. The van der Waals surface area contributed by atoms with E-state index in [1.54, 1.807) is 11.0 Å². The van der Waals surface area contributed by atoms with Crippen molar-refractivity contribution in [2.75, 3.05) is 26.2 Å². The Morgan fingerprint density at radius 1 is 1.57 bits per heavy atom. The van der Waals surface area contributed by atoms with E-state index in [0.717, 1.165) is 0 Å². The fraction of sp³-hybridized carbons (Fsp3) is 0.556. The first-order valence-corrected chi connectivity index (χ1v) is 4.66. The summed E-state index contributed by atoms with van der Waals surface area (Å²) in [5.41, 5.74) is 5.24. The van der Waals surface area contributed by atoms with Gasteiger partial charge < -0.3 is 16.0 Å². The SMILES string of the molecule is NC/C=C/C(=O)N1CCNC(=O)CC1. The molecule has 0 atom stereocenters. The number of nitrogens with zero attached hydrogens (tertiary/aromatic N) is 1. The van der Waals surface area contributed by atoms with E-state index in [1.165, 1.54) is 6.08 Å². The summed E-state index contributed by atoms with van der Waals surface area (Å²) in [6.07, 6.45) is 3.44. The summed E-state index contributed by atoms with van der Waals surface area (Å²) in [7, 11) is 0. The van der Waals surface area contributed by atoms with Crippen LogP contribution in [0.2, 0.25) is 0 Å². The van der Waals surface area contributed by atoms with Gasteiger partial charge in [-0.3, -0.25) is 9.59 Å². The van der Waals surface area contributed by atoms with Gasteiger partial charge in [0.1, 0.15) is 0 Å². The standard InChI is InChI=1S/C9H15N3O2/c10-4-1-2-9(14)12-6-3-8(13)11-5-7-12/h1-2H,3-7,10H2,(H,11,13)/b2-1+. The molecule has 0 bridgehead atoms. The molecule has 0 aliphatic carbocycles. The van der Waals surface area contributed by atoms with Gasteiger partial charge in [-0.25, -0.2) is 0 Å². The summed E-state index contributed by atoms with van der Waals surface area (Å²) in [6, 6.07) is 0. The van der Waals surface area contributed by atoms with Crippen molar-refractivity contribution in [3.05, 3.63) is 12.2 Å². The molecule has 0 aromatic heterocycles. The number of nitrogens with one attached hydrogen (secondary N) is 1. The molecule has 3 N–H and O–H groups in total. The monoisotopic (exact) mass is 197 g/mol. The molecular weight excluding hydrogens is 182 g/mol. The molecule has 1 rings (SSSR count). The van der Waals surface area contributed by atoms with E-state index in [2.05, 4.69) is 5.32 Å². The Kier molecular flexibility index (Phi) is 4.12. The fourth-order valence-electron chi connectivity index (χ4n) is 1.26. The molecular formula is C9H15N3O2. The number of hydrogen-bond acceptors (Lipinski definition) is 3. The fourth-order valence-corrected chi connectivity index (χ4v) is 1.26. The third kappa shape index (κ3) is 3.18. The molecule has 1 heterocycles. The summed E-state index contributed by atoms with van der Waals surface area (Å²) >= 11 is 0. The van der Waals surface area contributed by atoms with Crippen LogP contribution in [0, 0.1) is 0 Å². The lowest BCUT2D eigenvalue weighted by Gasteiger charge is -2.16. The second kappa shape index (κ2) is 5.39. The van der Waals surface area contributed by atoms with Crippen LogP contribution in [0.5, 0.6) is 0 Å². The van der Waals surface area contributed by atoms with Crippen molar-refractivity contribution >= 4 is 11.8 Å². The van der Waals surface area contributed by atoms with Gasteiger partial charge in [0.25, 0.3) is 0 Å². The van der Waals surface area contributed by atoms with Crippen molar-refractivity contribution < 1.29 is 9.59 Å². The largest absolute Gasteiger partial charge is 0.354 e. The molecule has 0 unspecified atom stereocenters. The molecule has 0 saturated carbocycles. The maximum atomic E-state index is 11.5. The average Bonchev–Trinajstić information content (AvgIpc) is 2.39. The van der Waals surface area contributed by atoms with E-state index < -0.39 is 0 Å². The normalized spacial score (nSPS) is 18.1. The van der Waals surface area contributed by atoms with Crippen molar-refractivity contribution in [2.45, 2.75) is 6.42 Å². The Bertz CT molecular complexity index is 250. The smallest absolute Gasteiger partial charge is 0.246 e. The maximum absolute atomic E-state index is 11.5. The highest BCUT2D eigenvalue weighted by atomic mass is 16.2. The topological polar surface area (TPSA) is 75.4 Å². The van der Waals surface area contributed by atoms with Crippen molar-refractivity contribution in [2.24, 2.45) is 5.73 Å². The van der Waals surface area contributed by atoms with Gasteiger partial charge in [0.05, 0.1) is 0 Å². The van der Waals surface area contributed by atoms with Crippen LogP contribution in [0.4, 0.5) is 0 Å². The maximum Gasteiger partial charge on any atom is 0.246 e. The lowest BCUT2D eigenvalue weighted by Crippen LogP contribution is -2.33. The van der Waals surface area contributed by atoms with Crippen LogP contribution in [0.15, 0.2) is 12.2 Å². The van der Waals surface area contributed by atoms with Crippen LogP contribution in [0.3, 0.4) is 0 Å². The molecule has 0 spiro atoms. The third-order valence-electron chi connectivity index (χ3n) is 2.02. The van der Waals surface area contributed by atoms with Crippen LogP contribution in [0.1, 0.15) is 6.42 Å². The van der Waals surface area contributed by atoms with Crippen LogP contribution >= 0.6 is 0 Å². The van der Waals surface area contributed by atoms with E-state index in [-0.39, 0.29) is 11.8 Å². The molecule has 1 aliphatic rings. The highest BCUT2D eigenvalue weighted by molar-refractivity contribution is 5.88. The minimum Gasteiger partial charge on any atom is -0.354 e. The molecule has 1 saturated heterocycles. The lowest BCUT2D eigenvalue weighted by atomic mass is 10.3. The number of carbonyl (C=O) groups is 2. The predicted molar refractivity (Wildman–Crippen MR) is 52.4 cm³/mol. The molecule has 0 aromatic carbocycles. The van der Waals surface area contributed by atoms with Gasteiger partial charge >= 0.3 is 0 Å². The number of hydrogen-bond donors (Lipinski definition) is 2. The van der Waals surface area contributed by atoms with E-state index in [9.17, 15) is 9.59 Å². The van der Waals surface area contributed by atoms with Gasteiger partial charge in [0.2, 0.25) is 11.8 Å². The Morgan fingerprint density at radius 3 is 3.07 bits per heavy atom. The second-order valence-corrected chi connectivity index (χ2v) is 3.06. The van der Waals surface area contributed by atoms with Crippen molar-refractivity contribution in [1.82, 2.24) is 10.2 Å². The molecule has 2 amide bonds. The molecule has 0 radical (unpaired) electrons. The Balaban J connectivity index is 2.47. The zero-order valence-electron chi connectivity index (χ0n) is 8.03. The minimum atomic E-state index is -0.0769. The van der Waals surface area contributed by atoms with Gasteiger partial charge in [-0.15, -0.1) is 0 Å². The summed E-state index contributed by atoms with van der Waals surface area (Å²) in [5.74, 6) is -0.0740. The van der Waals surface area contributed by atoms with E-state index in [1.807, 2.05) is 0 Å². The highest BCUT2D eigenvalue weighted by Gasteiger charge is 2.15. The number of amides is 2. The van der Waals surface area contributed by atoms with E-state index in [4.69, 9.17) is 5.73 Å². The average molecular weight is 197 g/mol. The van der Waals surface area contributed by atoms with Gasteiger partial charge in [0.15, 0.2) is 0 Å². The molecule has 5 nitrogen and oxygen atoms in total. The van der Waals surface area contributed by atoms with Gasteiger partial charge in [-0.05, 0) is 0 Å². The lowest BCUT2D eigenvalue weighted by molar-refractivity contribution is -0.126. The summed E-state index contributed by atoms with van der Waals surface area (Å²) in [6.45, 7) is 1.94. The Labute approximate surface area is 82.9 Å². The van der Waals surface area contributed by atoms with Crippen LogP contribution in [0.25, 0.3) is 0 Å². The first kappa shape index (κ1) is 10.7. The molecule has 1 aliphatic heterocycles. The zero-order valence-corrected chi connectivity index (χ0v) is 8.03. The van der Waals surface area contributed by atoms with Crippen LogP contribution in [-0.4, -0.2) is 42.9 Å². The minimum absolute atomic E-state index is 0.00287. The number of nitrogens with two attached hydrogens (primary N) is 1. The van der Waals surface area contributed by atoms with Crippen molar-refractivity contribution in [3.63, 3.8) is 0 Å². The molecule has 0 aromatic rings. The molecule has 5 heteroatoms. The van der Waals surface area contributed by atoms with Gasteiger partial charge in [0, 0.05) is 38.7 Å². The van der Waals surface area contributed by atoms with Crippen LogP contribution in [-0.2, 0) is 9.59 Å². The molecule has 78 valence electrons. The van der Waals surface area contributed by atoms with Crippen LogP contribution < -0.4 is 11.1 Å². The first-order valence-electron chi connectivity index (χ1n) is 4.66. The Morgan fingerprint density at radius 2 is 2.36 bits per heavy atom. The summed E-state index contributed by atoms with van der Waals surface area (Å²) in [5, 5.41) is 2.70. The highest BCUT2D eigenvalue weighted by Crippen LogP contribution is 1.97. The van der Waals surface area contributed by atoms with Gasteiger partial charge in [-0.1, -0.05) is 6.08 Å². The summed E-state index contributed by atoms with van der Waals surface area (Å²) in [4.78, 5) is 24.1. The van der Waals surface area contributed by atoms with E-state index in [0.29, 0.717) is 32.6 Å². The third-order valence-corrected chi connectivity index (χ3v) is 2.02. The second-order valence-electron chi connectivity index (χ2n) is 3.06. The summed E-state index contributed by atoms with van der Waals surface area (Å²) < 4.78 is 0.